The highest BCUT2D eigenvalue weighted by atomic mass is 16.2. The molecule has 0 radical (unpaired) electrons. The van der Waals surface area contributed by atoms with Gasteiger partial charge >= 0.3 is 0 Å². The van der Waals surface area contributed by atoms with Gasteiger partial charge in [0, 0.05) is 24.0 Å². The Hall–Kier alpha value is -2.76. The lowest BCUT2D eigenvalue weighted by Crippen LogP contribution is -2.19. The molecule has 2 rings (SSSR count). The minimum atomic E-state index is -0.301. The van der Waals surface area contributed by atoms with Crippen LogP contribution in [-0.2, 0) is 0 Å². The Labute approximate surface area is 129 Å². The lowest BCUT2D eigenvalue weighted by atomic mass is 10.1. The molecule has 0 saturated carbocycles. The van der Waals surface area contributed by atoms with Crippen molar-refractivity contribution >= 4 is 17.5 Å². The summed E-state index contributed by atoms with van der Waals surface area (Å²) in [6.45, 7) is 5.39. The molecule has 1 aromatic carbocycles. The summed E-state index contributed by atoms with van der Waals surface area (Å²) in [6.07, 6.45) is 0. The van der Waals surface area contributed by atoms with Crippen molar-refractivity contribution in [2.24, 2.45) is 0 Å². The fourth-order valence-corrected chi connectivity index (χ4v) is 2.11. The molecular formula is C16H18N4O2. The summed E-state index contributed by atoms with van der Waals surface area (Å²) in [5.74, 6) is 0.0873. The predicted molar refractivity (Wildman–Crippen MR) is 84.0 cm³/mol. The molecule has 6 nitrogen and oxygen atoms in total. The molecule has 0 unspecified atom stereocenters. The normalized spacial score (nSPS) is 10.2. The number of carbonyl (C=O) groups excluding carboxylic acids is 2. The zero-order valence-electron chi connectivity index (χ0n) is 13.0. The molecule has 2 amide bonds. The van der Waals surface area contributed by atoms with Crippen LogP contribution in [0.25, 0.3) is 0 Å². The van der Waals surface area contributed by atoms with E-state index in [1.165, 1.54) is 0 Å². The first-order valence-corrected chi connectivity index (χ1v) is 6.87. The highest BCUT2D eigenvalue weighted by Crippen LogP contribution is 2.17. The third-order valence-electron chi connectivity index (χ3n) is 3.16. The number of carbonyl (C=O) groups is 2. The second kappa shape index (κ2) is 6.34. The van der Waals surface area contributed by atoms with Crippen LogP contribution in [0.4, 0.5) is 5.69 Å². The van der Waals surface area contributed by atoms with Crippen LogP contribution in [0.1, 0.15) is 37.9 Å². The molecule has 22 heavy (non-hydrogen) atoms. The molecule has 0 aliphatic carbocycles. The van der Waals surface area contributed by atoms with E-state index < -0.39 is 0 Å². The summed E-state index contributed by atoms with van der Waals surface area (Å²) in [5.41, 5.74) is 3.05. The lowest BCUT2D eigenvalue weighted by molar-refractivity contribution is 0.0962. The first-order valence-electron chi connectivity index (χ1n) is 6.87. The maximum absolute atomic E-state index is 12.3. The molecule has 0 aliphatic heterocycles. The van der Waals surface area contributed by atoms with Gasteiger partial charge in [-0.05, 0) is 50.6 Å². The molecule has 1 heterocycles. The summed E-state index contributed by atoms with van der Waals surface area (Å²) in [4.78, 5) is 32.1. The second-order valence-electron chi connectivity index (χ2n) is 5.00. The summed E-state index contributed by atoms with van der Waals surface area (Å²) < 4.78 is 0. The molecule has 114 valence electrons. The van der Waals surface area contributed by atoms with Crippen LogP contribution >= 0.6 is 0 Å². The third-order valence-corrected chi connectivity index (χ3v) is 3.16. The Morgan fingerprint density at radius 2 is 1.73 bits per heavy atom. The zero-order chi connectivity index (χ0) is 16.3. The van der Waals surface area contributed by atoms with Gasteiger partial charge in [-0.25, -0.2) is 9.97 Å². The number of nitrogens with one attached hydrogen (secondary N) is 2. The first-order chi connectivity index (χ1) is 10.4. The van der Waals surface area contributed by atoms with Gasteiger partial charge in [-0.15, -0.1) is 0 Å². The average molecular weight is 298 g/mol. The van der Waals surface area contributed by atoms with Crippen molar-refractivity contribution in [3.8, 4) is 0 Å². The number of benzene rings is 1. The number of hydrogen-bond donors (Lipinski definition) is 2. The molecule has 2 aromatic rings. The largest absolute Gasteiger partial charge is 0.355 e. The van der Waals surface area contributed by atoms with Crippen molar-refractivity contribution in [1.82, 2.24) is 15.3 Å². The van der Waals surface area contributed by atoms with E-state index >= 15 is 0 Å². The average Bonchev–Trinajstić information content (AvgIpc) is 2.47. The lowest BCUT2D eigenvalue weighted by Gasteiger charge is -2.10. The van der Waals surface area contributed by atoms with Crippen LogP contribution in [0.15, 0.2) is 24.3 Å². The minimum Gasteiger partial charge on any atom is -0.355 e. The highest BCUT2D eigenvalue weighted by molar-refractivity contribution is 6.03. The monoisotopic (exact) mass is 298 g/mol. The molecule has 0 spiro atoms. The predicted octanol–water partition coefficient (Wildman–Crippen LogP) is 2.01. The first kappa shape index (κ1) is 15.6. The quantitative estimate of drug-likeness (QED) is 0.908. The zero-order valence-corrected chi connectivity index (χ0v) is 13.0. The number of aryl methyl sites for hydroxylation is 3. The fraction of sp³-hybridized carbons (Fsp3) is 0.250. The molecule has 0 aliphatic rings. The highest BCUT2D eigenvalue weighted by Gasteiger charge is 2.12. The van der Waals surface area contributed by atoms with Gasteiger partial charge in [-0.1, -0.05) is 0 Å². The molecular weight excluding hydrogens is 280 g/mol. The Morgan fingerprint density at radius 3 is 2.32 bits per heavy atom. The van der Waals surface area contributed by atoms with Crippen LogP contribution in [0, 0.1) is 20.8 Å². The van der Waals surface area contributed by atoms with Crippen LogP contribution in [0.2, 0.25) is 0 Å². The minimum absolute atomic E-state index is 0.164. The number of anilines is 1. The molecule has 6 heteroatoms. The van der Waals surface area contributed by atoms with Crippen LogP contribution in [0.3, 0.4) is 0 Å². The van der Waals surface area contributed by atoms with Gasteiger partial charge in [0.25, 0.3) is 11.8 Å². The van der Waals surface area contributed by atoms with Crippen LogP contribution in [0.5, 0.6) is 0 Å². The number of nitrogens with zero attached hydrogens (tertiary/aromatic N) is 2. The number of rotatable bonds is 3. The van der Waals surface area contributed by atoms with E-state index in [0.29, 0.717) is 22.8 Å². The van der Waals surface area contributed by atoms with Gasteiger partial charge in [0.15, 0.2) is 0 Å². The van der Waals surface area contributed by atoms with E-state index in [4.69, 9.17) is 0 Å². The van der Waals surface area contributed by atoms with Crippen molar-refractivity contribution in [3.63, 3.8) is 0 Å². The van der Waals surface area contributed by atoms with E-state index in [0.717, 1.165) is 11.3 Å². The van der Waals surface area contributed by atoms with Crippen molar-refractivity contribution in [3.05, 3.63) is 52.6 Å². The Kier molecular flexibility index (Phi) is 4.50. The SMILES string of the molecule is CNC(=O)c1ccc(NC(=O)c2cc(C)nc(C)n2)c(C)c1. The third kappa shape index (κ3) is 3.46. The van der Waals surface area contributed by atoms with E-state index in [2.05, 4.69) is 20.6 Å². The van der Waals surface area contributed by atoms with E-state index in [-0.39, 0.29) is 11.8 Å². The summed E-state index contributed by atoms with van der Waals surface area (Å²) >= 11 is 0. The van der Waals surface area contributed by atoms with Crippen LogP contribution < -0.4 is 10.6 Å². The van der Waals surface area contributed by atoms with E-state index in [1.807, 2.05) is 13.8 Å². The van der Waals surface area contributed by atoms with Gasteiger partial charge in [-0.2, -0.15) is 0 Å². The standard InChI is InChI=1S/C16H18N4O2/c1-9-7-12(15(21)17-4)5-6-13(9)20-16(22)14-8-10(2)18-11(3)19-14/h5-8H,1-4H3,(H,17,21)(H,20,22). The van der Waals surface area contributed by atoms with E-state index in [1.54, 1.807) is 38.2 Å². The Bertz CT molecular complexity index is 721. The molecule has 0 fully saturated rings. The smallest absolute Gasteiger partial charge is 0.274 e. The molecule has 2 N–H and O–H groups in total. The van der Waals surface area contributed by atoms with Crippen molar-refractivity contribution in [1.29, 1.82) is 0 Å². The van der Waals surface area contributed by atoms with Gasteiger partial charge in [0.05, 0.1) is 0 Å². The van der Waals surface area contributed by atoms with Crippen molar-refractivity contribution < 1.29 is 9.59 Å². The van der Waals surface area contributed by atoms with Gasteiger partial charge in [-0.3, -0.25) is 9.59 Å². The summed E-state index contributed by atoms with van der Waals surface area (Å²) in [7, 11) is 1.58. The number of aromatic nitrogens is 2. The van der Waals surface area contributed by atoms with Crippen molar-refractivity contribution in [2.75, 3.05) is 12.4 Å². The Balaban J connectivity index is 2.23. The summed E-state index contributed by atoms with van der Waals surface area (Å²) in [5, 5.41) is 5.37. The van der Waals surface area contributed by atoms with Crippen LogP contribution in [-0.4, -0.2) is 28.8 Å². The van der Waals surface area contributed by atoms with E-state index in [9.17, 15) is 9.59 Å². The fourth-order valence-electron chi connectivity index (χ4n) is 2.11. The molecule has 0 atom stereocenters. The van der Waals surface area contributed by atoms with Gasteiger partial charge in [0.2, 0.25) is 0 Å². The van der Waals surface area contributed by atoms with Crippen molar-refractivity contribution in [2.45, 2.75) is 20.8 Å². The molecule has 0 bridgehead atoms. The summed E-state index contributed by atoms with van der Waals surface area (Å²) in [6, 6.07) is 6.73. The molecule has 0 saturated heterocycles. The maximum Gasteiger partial charge on any atom is 0.274 e. The number of hydrogen-bond acceptors (Lipinski definition) is 4. The maximum atomic E-state index is 12.3. The second-order valence-corrected chi connectivity index (χ2v) is 5.00. The number of amides is 2. The molecule has 1 aromatic heterocycles. The van der Waals surface area contributed by atoms with Gasteiger partial charge in [0.1, 0.15) is 11.5 Å². The topological polar surface area (TPSA) is 84.0 Å². The van der Waals surface area contributed by atoms with Gasteiger partial charge < -0.3 is 10.6 Å². The Morgan fingerprint density at radius 1 is 1.00 bits per heavy atom.